The van der Waals surface area contributed by atoms with E-state index in [4.69, 9.17) is 16.9 Å². The molecule has 1 N–H and O–H groups in total. The highest BCUT2D eigenvalue weighted by Crippen LogP contribution is 2.26. The first kappa shape index (κ1) is 12.3. The normalized spacial score (nSPS) is 9.89. The molecule has 5 heteroatoms. The molecule has 0 radical (unpaired) electrons. The first-order chi connectivity index (χ1) is 8.61. The predicted octanol–water partition coefficient (Wildman–Crippen LogP) is 4.23. The quantitative estimate of drug-likeness (QED) is 0.881. The second-order valence-corrected chi connectivity index (χ2v) is 3.94. The molecule has 0 saturated heterocycles. The molecular weight excluding hydrogens is 258 g/mol. The van der Waals surface area contributed by atoms with E-state index >= 15 is 0 Å². The van der Waals surface area contributed by atoms with Gasteiger partial charge in [0.05, 0.1) is 28.0 Å². The second-order valence-electron chi connectivity index (χ2n) is 3.53. The Kier molecular flexibility index (Phi) is 3.45. The van der Waals surface area contributed by atoms with Gasteiger partial charge in [0.15, 0.2) is 5.82 Å². The van der Waals surface area contributed by atoms with Crippen molar-refractivity contribution in [3.05, 3.63) is 58.6 Å². The van der Waals surface area contributed by atoms with Crippen molar-refractivity contribution in [1.82, 2.24) is 0 Å². The summed E-state index contributed by atoms with van der Waals surface area (Å²) >= 11 is 5.62. The summed E-state index contributed by atoms with van der Waals surface area (Å²) in [6.07, 6.45) is 0. The number of anilines is 2. The lowest BCUT2D eigenvalue weighted by molar-refractivity contribution is 0.625. The molecule has 18 heavy (non-hydrogen) atoms. The average Bonchev–Trinajstić information content (AvgIpc) is 2.37. The molecular formula is C13H7ClF2N2. The fourth-order valence-electron chi connectivity index (χ4n) is 1.43. The Hall–Kier alpha value is -2.12. The lowest BCUT2D eigenvalue weighted by Gasteiger charge is -2.09. The maximum atomic E-state index is 13.6. The third-order valence-corrected chi connectivity index (χ3v) is 2.61. The summed E-state index contributed by atoms with van der Waals surface area (Å²) in [5.74, 6) is -1.28. The molecule has 0 bridgehead atoms. The number of nitrogens with one attached hydrogen (secondary N) is 1. The van der Waals surface area contributed by atoms with Crippen LogP contribution < -0.4 is 5.32 Å². The Labute approximate surface area is 107 Å². The highest BCUT2D eigenvalue weighted by Gasteiger charge is 2.09. The topological polar surface area (TPSA) is 35.8 Å². The Morgan fingerprint density at radius 2 is 1.89 bits per heavy atom. The first-order valence-electron chi connectivity index (χ1n) is 5.02. The Morgan fingerprint density at radius 3 is 2.56 bits per heavy atom. The lowest BCUT2D eigenvalue weighted by Crippen LogP contribution is -1.97. The summed E-state index contributed by atoms with van der Waals surface area (Å²) in [4.78, 5) is 0. The number of hydrogen-bond acceptors (Lipinski definition) is 2. The molecule has 0 aliphatic carbocycles. The maximum Gasteiger partial charge on any atom is 0.165 e. The molecule has 0 aromatic heterocycles. The minimum Gasteiger partial charge on any atom is -0.351 e. The zero-order valence-electron chi connectivity index (χ0n) is 9.05. The van der Waals surface area contributed by atoms with E-state index in [1.807, 2.05) is 6.07 Å². The fraction of sp³-hybridized carbons (Fsp3) is 0. The molecule has 0 atom stereocenters. The zero-order valence-corrected chi connectivity index (χ0v) is 9.80. The van der Waals surface area contributed by atoms with Gasteiger partial charge in [-0.15, -0.1) is 0 Å². The fourth-order valence-corrected chi connectivity index (χ4v) is 1.61. The van der Waals surface area contributed by atoms with Crippen molar-refractivity contribution in [2.24, 2.45) is 0 Å². The number of rotatable bonds is 2. The predicted molar refractivity (Wildman–Crippen MR) is 65.8 cm³/mol. The van der Waals surface area contributed by atoms with Gasteiger partial charge in [-0.1, -0.05) is 17.7 Å². The Balaban J connectivity index is 2.35. The third-order valence-electron chi connectivity index (χ3n) is 2.32. The van der Waals surface area contributed by atoms with Crippen LogP contribution in [0.15, 0.2) is 36.4 Å². The van der Waals surface area contributed by atoms with E-state index in [0.717, 1.165) is 6.07 Å². The van der Waals surface area contributed by atoms with Crippen LogP contribution in [0.2, 0.25) is 5.02 Å². The summed E-state index contributed by atoms with van der Waals surface area (Å²) in [5, 5.41) is 11.2. The minimum absolute atomic E-state index is 0.0472. The molecule has 0 unspecified atom stereocenters. The van der Waals surface area contributed by atoms with Crippen LogP contribution in [0.5, 0.6) is 0 Å². The van der Waals surface area contributed by atoms with Crippen molar-refractivity contribution < 1.29 is 8.78 Å². The van der Waals surface area contributed by atoms with Crippen LogP contribution in [0.1, 0.15) is 5.56 Å². The molecule has 2 aromatic carbocycles. The highest BCUT2D eigenvalue weighted by molar-refractivity contribution is 6.31. The van der Waals surface area contributed by atoms with Gasteiger partial charge >= 0.3 is 0 Å². The highest BCUT2D eigenvalue weighted by atomic mass is 35.5. The first-order valence-corrected chi connectivity index (χ1v) is 5.40. The van der Waals surface area contributed by atoms with Crippen molar-refractivity contribution in [3.8, 4) is 6.07 Å². The third kappa shape index (κ3) is 2.41. The van der Waals surface area contributed by atoms with E-state index < -0.39 is 11.6 Å². The van der Waals surface area contributed by atoms with Gasteiger partial charge in [-0.3, -0.25) is 0 Å². The molecule has 0 heterocycles. The van der Waals surface area contributed by atoms with Crippen LogP contribution in [0.3, 0.4) is 0 Å². The number of benzene rings is 2. The minimum atomic E-state index is -0.650. The number of nitriles is 1. The van der Waals surface area contributed by atoms with E-state index in [0.29, 0.717) is 0 Å². The largest absolute Gasteiger partial charge is 0.351 e. The Bertz CT molecular complexity index is 635. The van der Waals surface area contributed by atoms with Gasteiger partial charge in [0.1, 0.15) is 5.82 Å². The van der Waals surface area contributed by atoms with Gasteiger partial charge in [0.2, 0.25) is 0 Å². The zero-order chi connectivity index (χ0) is 13.1. The van der Waals surface area contributed by atoms with Crippen molar-refractivity contribution in [1.29, 1.82) is 5.26 Å². The molecule has 90 valence electrons. The molecule has 0 aliphatic rings. The SMILES string of the molecule is N#Cc1ccc(Nc2cccc(Cl)c2F)c(F)c1. The standard InChI is InChI=1S/C13H7ClF2N2/c14-9-2-1-3-12(13(9)16)18-11-5-4-8(7-17)6-10(11)15/h1-6,18H. The van der Waals surface area contributed by atoms with Gasteiger partial charge in [0.25, 0.3) is 0 Å². The molecule has 2 nitrogen and oxygen atoms in total. The van der Waals surface area contributed by atoms with Gasteiger partial charge < -0.3 is 5.32 Å². The van der Waals surface area contributed by atoms with Crippen LogP contribution in [0.25, 0.3) is 0 Å². The summed E-state index contributed by atoms with van der Waals surface area (Å²) in [7, 11) is 0. The monoisotopic (exact) mass is 264 g/mol. The van der Waals surface area contributed by atoms with Crippen LogP contribution in [0.4, 0.5) is 20.2 Å². The number of nitrogens with zero attached hydrogens (tertiary/aromatic N) is 1. The molecule has 0 amide bonds. The van der Waals surface area contributed by atoms with Crippen molar-refractivity contribution in [2.75, 3.05) is 5.32 Å². The summed E-state index contributed by atoms with van der Waals surface area (Å²) in [6.45, 7) is 0. The number of halogens is 3. The van der Waals surface area contributed by atoms with E-state index in [-0.39, 0.29) is 22.0 Å². The van der Waals surface area contributed by atoms with Gasteiger partial charge in [-0.05, 0) is 30.3 Å². The van der Waals surface area contributed by atoms with Gasteiger partial charge in [-0.25, -0.2) is 8.78 Å². The van der Waals surface area contributed by atoms with Gasteiger partial charge in [-0.2, -0.15) is 5.26 Å². The van der Waals surface area contributed by atoms with E-state index in [2.05, 4.69) is 5.32 Å². The van der Waals surface area contributed by atoms with Crippen molar-refractivity contribution in [2.45, 2.75) is 0 Å². The van der Waals surface area contributed by atoms with Crippen LogP contribution in [0, 0.1) is 23.0 Å². The molecule has 0 saturated carbocycles. The summed E-state index contributed by atoms with van der Waals surface area (Å²) < 4.78 is 27.2. The van der Waals surface area contributed by atoms with E-state index in [1.54, 1.807) is 6.07 Å². The lowest BCUT2D eigenvalue weighted by atomic mass is 10.2. The van der Waals surface area contributed by atoms with E-state index in [1.165, 1.54) is 24.3 Å². The smallest absolute Gasteiger partial charge is 0.165 e. The molecule has 0 spiro atoms. The van der Waals surface area contributed by atoms with Crippen LogP contribution >= 0.6 is 11.6 Å². The van der Waals surface area contributed by atoms with Gasteiger partial charge in [0, 0.05) is 0 Å². The van der Waals surface area contributed by atoms with Crippen LogP contribution in [-0.2, 0) is 0 Å². The van der Waals surface area contributed by atoms with Crippen molar-refractivity contribution >= 4 is 23.0 Å². The van der Waals surface area contributed by atoms with Crippen LogP contribution in [-0.4, -0.2) is 0 Å². The average molecular weight is 265 g/mol. The molecule has 2 aromatic rings. The second kappa shape index (κ2) is 5.03. The molecule has 0 fully saturated rings. The summed E-state index contributed by atoms with van der Waals surface area (Å²) in [6, 6.07) is 10.1. The summed E-state index contributed by atoms with van der Waals surface area (Å²) in [5.41, 5.74) is 0.353. The molecule has 2 rings (SSSR count). The number of hydrogen-bond donors (Lipinski definition) is 1. The molecule has 0 aliphatic heterocycles. The van der Waals surface area contributed by atoms with Crippen molar-refractivity contribution in [3.63, 3.8) is 0 Å². The Morgan fingerprint density at radius 1 is 1.11 bits per heavy atom. The maximum absolute atomic E-state index is 13.6. The van der Waals surface area contributed by atoms with E-state index in [9.17, 15) is 8.78 Å².